The molecule has 0 saturated carbocycles. The molecule has 0 spiro atoms. The standard InChI is InChI=1S/C19H20FN3O3/c20-17-18(25-12-15-9-5-2-6-10-15)16(26-19(17)22-23-21)13-24-11-14-7-3-1-4-8-14/h1-10,16-19H,11-13H2/t16-,17+,18-,19+/m1/s1. The van der Waals surface area contributed by atoms with Crippen molar-refractivity contribution in [3.05, 3.63) is 82.2 Å². The summed E-state index contributed by atoms with van der Waals surface area (Å²) in [5.41, 5.74) is 10.5. The maximum absolute atomic E-state index is 14.6. The maximum Gasteiger partial charge on any atom is 0.170 e. The topological polar surface area (TPSA) is 76.5 Å². The van der Waals surface area contributed by atoms with E-state index >= 15 is 0 Å². The molecule has 0 aliphatic carbocycles. The van der Waals surface area contributed by atoms with E-state index in [1.54, 1.807) is 0 Å². The van der Waals surface area contributed by atoms with Gasteiger partial charge >= 0.3 is 0 Å². The number of hydrogen-bond acceptors (Lipinski definition) is 4. The molecule has 6 nitrogen and oxygen atoms in total. The first-order chi connectivity index (χ1) is 12.8. The predicted octanol–water partition coefficient (Wildman–Crippen LogP) is 4.16. The fraction of sp³-hybridized carbons (Fsp3) is 0.368. The van der Waals surface area contributed by atoms with Crippen LogP contribution in [0.3, 0.4) is 0 Å². The molecule has 0 bridgehead atoms. The Bertz CT molecular complexity index is 725. The van der Waals surface area contributed by atoms with Crippen molar-refractivity contribution in [1.82, 2.24) is 0 Å². The van der Waals surface area contributed by atoms with Crippen LogP contribution in [0.5, 0.6) is 0 Å². The van der Waals surface area contributed by atoms with Gasteiger partial charge in [-0.25, -0.2) is 4.39 Å². The lowest BCUT2D eigenvalue weighted by molar-refractivity contribution is -0.0727. The monoisotopic (exact) mass is 357 g/mol. The van der Waals surface area contributed by atoms with Crippen molar-refractivity contribution < 1.29 is 18.6 Å². The van der Waals surface area contributed by atoms with Crippen LogP contribution in [0.2, 0.25) is 0 Å². The highest BCUT2D eigenvalue weighted by molar-refractivity contribution is 5.14. The van der Waals surface area contributed by atoms with E-state index < -0.39 is 24.6 Å². The Kier molecular flexibility index (Phi) is 6.57. The van der Waals surface area contributed by atoms with Crippen molar-refractivity contribution in [2.24, 2.45) is 5.11 Å². The molecule has 136 valence electrons. The summed E-state index contributed by atoms with van der Waals surface area (Å²) in [6, 6.07) is 19.1. The number of rotatable bonds is 8. The lowest BCUT2D eigenvalue weighted by Gasteiger charge is -2.20. The third-order valence-corrected chi connectivity index (χ3v) is 4.11. The summed E-state index contributed by atoms with van der Waals surface area (Å²) in [5.74, 6) is 0. The number of ether oxygens (including phenoxy) is 3. The number of hydrogen-bond donors (Lipinski definition) is 0. The molecule has 1 aliphatic rings. The highest BCUT2D eigenvalue weighted by atomic mass is 19.1. The average Bonchev–Trinajstić information content (AvgIpc) is 2.97. The molecule has 0 unspecified atom stereocenters. The van der Waals surface area contributed by atoms with Gasteiger partial charge < -0.3 is 14.2 Å². The number of benzene rings is 2. The second-order valence-electron chi connectivity index (χ2n) is 5.98. The molecular weight excluding hydrogens is 337 g/mol. The SMILES string of the molecule is [N-]=[N+]=N[C@H]1O[C@H](COCc2ccccc2)[C@@H](OCc2ccccc2)[C@@H]1F. The summed E-state index contributed by atoms with van der Waals surface area (Å²) in [7, 11) is 0. The van der Waals surface area contributed by atoms with Gasteiger partial charge in [0.25, 0.3) is 0 Å². The van der Waals surface area contributed by atoms with Gasteiger partial charge in [-0.05, 0) is 16.7 Å². The van der Waals surface area contributed by atoms with Crippen LogP contribution in [0.15, 0.2) is 65.8 Å². The molecule has 26 heavy (non-hydrogen) atoms. The zero-order chi connectivity index (χ0) is 18.2. The zero-order valence-electron chi connectivity index (χ0n) is 14.1. The van der Waals surface area contributed by atoms with Crippen LogP contribution in [-0.2, 0) is 27.4 Å². The summed E-state index contributed by atoms with van der Waals surface area (Å²) in [4.78, 5) is 2.65. The van der Waals surface area contributed by atoms with E-state index in [0.29, 0.717) is 6.61 Å². The maximum atomic E-state index is 14.6. The predicted molar refractivity (Wildman–Crippen MR) is 93.8 cm³/mol. The van der Waals surface area contributed by atoms with Crippen molar-refractivity contribution in [3.8, 4) is 0 Å². The Labute approximate surface area is 151 Å². The van der Waals surface area contributed by atoms with Gasteiger partial charge in [0, 0.05) is 4.91 Å². The van der Waals surface area contributed by atoms with Crippen LogP contribution in [-0.4, -0.2) is 31.2 Å². The lowest BCUT2D eigenvalue weighted by Crippen LogP contribution is -2.34. The molecule has 0 N–H and O–H groups in total. The molecule has 0 amide bonds. The Balaban J connectivity index is 1.59. The van der Waals surface area contributed by atoms with Crippen molar-refractivity contribution in [1.29, 1.82) is 0 Å². The van der Waals surface area contributed by atoms with E-state index in [1.165, 1.54) is 0 Å². The molecule has 0 aromatic heterocycles. The van der Waals surface area contributed by atoms with Gasteiger partial charge in [-0.15, -0.1) is 0 Å². The second-order valence-corrected chi connectivity index (χ2v) is 5.98. The van der Waals surface area contributed by atoms with Crippen LogP contribution in [0.4, 0.5) is 4.39 Å². The summed E-state index contributed by atoms with van der Waals surface area (Å²) in [6.45, 7) is 0.773. The summed E-state index contributed by atoms with van der Waals surface area (Å²) in [6.07, 6.45) is -4.25. The Morgan fingerprint density at radius 2 is 1.62 bits per heavy atom. The van der Waals surface area contributed by atoms with Crippen molar-refractivity contribution in [3.63, 3.8) is 0 Å². The van der Waals surface area contributed by atoms with E-state index in [-0.39, 0.29) is 13.2 Å². The molecule has 7 heteroatoms. The van der Waals surface area contributed by atoms with E-state index in [0.717, 1.165) is 11.1 Å². The molecular formula is C19H20FN3O3. The zero-order valence-corrected chi connectivity index (χ0v) is 14.1. The first-order valence-corrected chi connectivity index (χ1v) is 8.39. The van der Waals surface area contributed by atoms with Crippen molar-refractivity contribution in [2.75, 3.05) is 6.61 Å². The van der Waals surface area contributed by atoms with Crippen LogP contribution in [0.25, 0.3) is 10.4 Å². The molecule has 3 rings (SSSR count). The molecule has 2 aromatic carbocycles. The lowest BCUT2D eigenvalue weighted by atomic mass is 10.1. The number of alkyl halides is 1. The minimum atomic E-state index is -1.54. The second kappa shape index (κ2) is 9.31. The van der Waals surface area contributed by atoms with Crippen LogP contribution in [0.1, 0.15) is 11.1 Å². The van der Waals surface area contributed by atoms with Crippen molar-refractivity contribution in [2.45, 2.75) is 37.8 Å². The summed E-state index contributed by atoms with van der Waals surface area (Å²) >= 11 is 0. The number of azide groups is 1. The first kappa shape index (κ1) is 18.4. The molecule has 1 aliphatic heterocycles. The highest BCUT2D eigenvalue weighted by Crippen LogP contribution is 2.29. The molecule has 1 saturated heterocycles. The Hall–Kier alpha value is -2.44. The summed E-state index contributed by atoms with van der Waals surface area (Å²) in [5, 5.41) is 3.37. The van der Waals surface area contributed by atoms with E-state index in [2.05, 4.69) is 10.0 Å². The average molecular weight is 357 g/mol. The van der Waals surface area contributed by atoms with Crippen molar-refractivity contribution >= 4 is 0 Å². The normalized spacial score (nSPS) is 25.0. The van der Waals surface area contributed by atoms with Gasteiger partial charge in [0.05, 0.1) is 19.8 Å². The number of nitrogens with zero attached hydrogens (tertiary/aromatic N) is 3. The highest BCUT2D eigenvalue weighted by Gasteiger charge is 2.45. The van der Waals surface area contributed by atoms with Crippen LogP contribution < -0.4 is 0 Å². The van der Waals surface area contributed by atoms with E-state index in [9.17, 15) is 4.39 Å². The van der Waals surface area contributed by atoms with Gasteiger partial charge in [0.2, 0.25) is 0 Å². The Morgan fingerprint density at radius 3 is 2.23 bits per heavy atom. The van der Waals surface area contributed by atoms with Gasteiger partial charge in [-0.2, -0.15) is 0 Å². The fourth-order valence-electron chi connectivity index (χ4n) is 2.81. The fourth-order valence-corrected chi connectivity index (χ4v) is 2.81. The smallest absolute Gasteiger partial charge is 0.170 e. The molecule has 0 radical (unpaired) electrons. The van der Waals surface area contributed by atoms with E-state index in [1.807, 2.05) is 60.7 Å². The van der Waals surface area contributed by atoms with Gasteiger partial charge in [0.1, 0.15) is 12.2 Å². The Morgan fingerprint density at radius 1 is 1.00 bits per heavy atom. The minimum absolute atomic E-state index is 0.145. The molecule has 4 atom stereocenters. The first-order valence-electron chi connectivity index (χ1n) is 8.39. The van der Waals surface area contributed by atoms with Gasteiger partial charge in [-0.1, -0.05) is 65.8 Å². The third kappa shape index (κ3) is 4.80. The molecule has 2 aromatic rings. The molecule has 1 fully saturated rings. The van der Waals surface area contributed by atoms with Gasteiger partial charge in [-0.3, -0.25) is 0 Å². The minimum Gasteiger partial charge on any atom is -0.374 e. The van der Waals surface area contributed by atoms with Crippen LogP contribution in [0, 0.1) is 0 Å². The van der Waals surface area contributed by atoms with E-state index in [4.69, 9.17) is 19.7 Å². The van der Waals surface area contributed by atoms with Crippen LogP contribution >= 0.6 is 0 Å². The largest absolute Gasteiger partial charge is 0.374 e. The quantitative estimate of drug-likeness (QED) is 0.404. The third-order valence-electron chi connectivity index (χ3n) is 4.11. The van der Waals surface area contributed by atoms with Gasteiger partial charge in [0.15, 0.2) is 12.4 Å². The summed E-state index contributed by atoms with van der Waals surface area (Å²) < 4.78 is 31.5. The number of halogens is 1. The molecule has 1 heterocycles.